The SMILES string of the molecule is CCC(O)c1nc(Cc2ccc(Cl)cc2)no1. The smallest absolute Gasteiger partial charge is 0.255 e. The molecule has 0 bridgehead atoms. The van der Waals surface area contributed by atoms with Crippen LogP contribution in [0.3, 0.4) is 0 Å². The van der Waals surface area contributed by atoms with E-state index in [9.17, 15) is 5.11 Å². The van der Waals surface area contributed by atoms with Gasteiger partial charge in [-0.05, 0) is 24.1 Å². The van der Waals surface area contributed by atoms with Crippen LogP contribution in [0.2, 0.25) is 5.02 Å². The molecule has 2 rings (SSSR count). The second kappa shape index (κ2) is 5.29. The van der Waals surface area contributed by atoms with Gasteiger partial charge >= 0.3 is 0 Å². The Balaban J connectivity index is 2.08. The van der Waals surface area contributed by atoms with E-state index in [1.165, 1.54) is 0 Å². The molecule has 0 fully saturated rings. The highest BCUT2D eigenvalue weighted by molar-refractivity contribution is 6.30. The summed E-state index contributed by atoms with van der Waals surface area (Å²) in [6.45, 7) is 1.85. The molecular formula is C12H13ClN2O2. The zero-order valence-corrected chi connectivity index (χ0v) is 10.2. The van der Waals surface area contributed by atoms with Crippen LogP contribution in [0.1, 0.15) is 36.7 Å². The molecule has 1 aromatic heterocycles. The molecule has 0 saturated carbocycles. The Bertz CT molecular complexity index is 482. The molecule has 1 heterocycles. The third kappa shape index (κ3) is 3.05. The van der Waals surface area contributed by atoms with Crippen molar-refractivity contribution < 1.29 is 9.63 Å². The Morgan fingerprint density at radius 1 is 1.35 bits per heavy atom. The Labute approximate surface area is 104 Å². The predicted octanol–water partition coefficient (Wildman–Crippen LogP) is 2.76. The zero-order chi connectivity index (χ0) is 12.3. The van der Waals surface area contributed by atoms with Gasteiger partial charge in [-0.3, -0.25) is 0 Å². The lowest BCUT2D eigenvalue weighted by Gasteiger charge is -1.98. The van der Waals surface area contributed by atoms with Crippen molar-refractivity contribution >= 4 is 11.6 Å². The number of aromatic nitrogens is 2. The second-order valence-corrected chi connectivity index (χ2v) is 4.21. The van der Waals surface area contributed by atoms with Gasteiger partial charge in [0.2, 0.25) is 0 Å². The van der Waals surface area contributed by atoms with Gasteiger partial charge in [0.15, 0.2) is 5.82 Å². The molecule has 1 unspecified atom stereocenters. The zero-order valence-electron chi connectivity index (χ0n) is 9.43. The van der Waals surface area contributed by atoms with E-state index in [-0.39, 0.29) is 5.89 Å². The number of nitrogens with zero attached hydrogens (tertiary/aromatic N) is 2. The minimum Gasteiger partial charge on any atom is -0.383 e. The maximum absolute atomic E-state index is 9.53. The van der Waals surface area contributed by atoms with Crippen LogP contribution in [0.25, 0.3) is 0 Å². The normalized spacial score (nSPS) is 12.6. The Hall–Kier alpha value is -1.39. The number of aliphatic hydroxyl groups is 1. The van der Waals surface area contributed by atoms with E-state index in [0.29, 0.717) is 23.7 Å². The molecule has 0 aliphatic carbocycles. The molecule has 5 heteroatoms. The van der Waals surface area contributed by atoms with Gasteiger partial charge in [0.25, 0.3) is 5.89 Å². The van der Waals surface area contributed by atoms with Crippen molar-refractivity contribution in [1.29, 1.82) is 0 Å². The van der Waals surface area contributed by atoms with E-state index >= 15 is 0 Å². The maximum Gasteiger partial charge on any atom is 0.255 e. The number of rotatable bonds is 4. The quantitative estimate of drug-likeness (QED) is 0.909. The summed E-state index contributed by atoms with van der Waals surface area (Å²) in [7, 11) is 0. The fourth-order valence-electron chi connectivity index (χ4n) is 1.43. The van der Waals surface area contributed by atoms with Gasteiger partial charge in [0, 0.05) is 11.4 Å². The first kappa shape index (κ1) is 12.1. The highest BCUT2D eigenvalue weighted by Gasteiger charge is 2.13. The molecule has 1 atom stereocenters. The van der Waals surface area contributed by atoms with Crippen LogP contribution in [0.4, 0.5) is 0 Å². The lowest BCUT2D eigenvalue weighted by Crippen LogP contribution is -1.96. The first-order chi connectivity index (χ1) is 8.19. The van der Waals surface area contributed by atoms with Gasteiger partial charge in [0.1, 0.15) is 6.10 Å². The number of halogens is 1. The molecular weight excluding hydrogens is 240 g/mol. The molecule has 90 valence electrons. The fourth-order valence-corrected chi connectivity index (χ4v) is 1.56. The predicted molar refractivity (Wildman–Crippen MR) is 63.8 cm³/mol. The number of hydrogen-bond donors (Lipinski definition) is 1. The van der Waals surface area contributed by atoms with E-state index in [1.54, 1.807) is 0 Å². The van der Waals surface area contributed by atoms with Crippen molar-refractivity contribution in [1.82, 2.24) is 10.1 Å². The summed E-state index contributed by atoms with van der Waals surface area (Å²) < 4.78 is 4.98. The van der Waals surface area contributed by atoms with Gasteiger partial charge in [-0.15, -0.1) is 0 Å². The summed E-state index contributed by atoms with van der Waals surface area (Å²) in [5, 5.41) is 14.1. The third-order valence-corrected chi connectivity index (χ3v) is 2.68. The highest BCUT2D eigenvalue weighted by atomic mass is 35.5. The van der Waals surface area contributed by atoms with Crippen LogP contribution in [0, 0.1) is 0 Å². The van der Waals surface area contributed by atoms with Crippen LogP contribution in [-0.2, 0) is 6.42 Å². The lowest BCUT2D eigenvalue weighted by atomic mass is 10.1. The summed E-state index contributed by atoms with van der Waals surface area (Å²) >= 11 is 5.80. The summed E-state index contributed by atoms with van der Waals surface area (Å²) in [6, 6.07) is 7.46. The second-order valence-electron chi connectivity index (χ2n) is 3.78. The summed E-state index contributed by atoms with van der Waals surface area (Å²) in [4.78, 5) is 4.14. The van der Waals surface area contributed by atoms with Gasteiger partial charge in [0.05, 0.1) is 0 Å². The Kier molecular flexibility index (Phi) is 3.76. The average molecular weight is 253 g/mol. The topological polar surface area (TPSA) is 59.2 Å². The van der Waals surface area contributed by atoms with Gasteiger partial charge < -0.3 is 9.63 Å². The van der Waals surface area contributed by atoms with Crippen molar-refractivity contribution in [2.75, 3.05) is 0 Å². The highest BCUT2D eigenvalue weighted by Crippen LogP contribution is 2.16. The molecule has 1 aromatic carbocycles. The van der Waals surface area contributed by atoms with Gasteiger partial charge in [-0.1, -0.05) is 35.8 Å². The van der Waals surface area contributed by atoms with Crippen LogP contribution in [-0.4, -0.2) is 15.2 Å². The van der Waals surface area contributed by atoms with E-state index < -0.39 is 6.10 Å². The van der Waals surface area contributed by atoms with E-state index in [1.807, 2.05) is 31.2 Å². The molecule has 0 aliphatic rings. The molecule has 0 radical (unpaired) electrons. The van der Waals surface area contributed by atoms with Crippen molar-refractivity contribution in [2.45, 2.75) is 25.9 Å². The number of benzene rings is 1. The first-order valence-corrected chi connectivity index (χ1v) is 5.82. The molecule has 0 amide bonds. The Morgan fingerprint density at radius 3 is 2.71 bits per heavy atom. The first-order valence-electron chi connectivity index (χ1n) is 5.44. The molecule has 17 heavy (non-hydrogen) atoms. The van der Waals surface area contributed by atoms with Crippen molar-refractivity contribution in [3.05, 3.63) is 46.6 Å². The molecule has 0 saturated heterocycles. The van der Waals surface area contributed by atoms with Crippen molar-refractivity contribution in [3.63, 3.8) is 0 Å². The molecule has 2 aromatic rings. The fraction of sp³-hybridized carbons (Fsp3) is 0.333. The van der Waals surface area contributed by atoms with E-state index in [0.717, 1.165) is 5.56 Å². The van der Waals surface area contributed by atoms with Gasteiger partial charge in [-0.2, -0.15) is 4.98 Å². The Morgan fingerprint density at radius 2 is 2.06 bits per heavy atom. The lowest BCUT2D eigenvalue weighted by molar-refractivity contribution is 0.130. The van der Waals surface area contributed by atoms with Crippen LogP contribution >= 0.6 is 11.6 Å². The summed E-state index contributed by atoms with van der Waals surface area (Å²) in [6.07, 6.45) is 0.445. The minimum atomic E-state index is -0.679. The largest absolute Gasteiger partial charge is 0.383 e. The minimum absolute atomic E-state index is 0.275. The van der Waals surface area contributed by atoms with Crippen molar-refractivity contribution in [2.24, 2.45) is 0 Å². The van der Waals surface area contributed by atoms with E-state index in [2.05, 4.69) is 10.1 Å². The summed E-state index contributed by atoms with van der Waals surface area (Å²) in [5.74, 6) is 0.839. The summed E-state index contributed by atoms with van der Waals surface area (Å²) in [5.41, 5.74) is 1.05. The standard InChI is InChI=1S/C12H13ClN2O2/c1-2-10(16)12-14-11(15-17-12)7-8-3-5-9(13)6-4-8/h3-6,10,16H,2,7H2,1H3. The number of aliphatic hydroxyl groups excluding tert-OH is 1. The van der Waals surface area contributed by atoms with Gasteiger partial charge in [-0.25, -0.2) is 0 Å². The van der Waals surface area contributed by atoms with E-state index in [4.69, 9.17) is 16.1 Å². The average Bonchev–Trinajstić information content (AvgIpc) is 2.80. The van der Waals surface area contributed by atoms with Crippen LogP contribution < -0.4 is 0 Å². The maximum atomic E-state index is 9.53. The van der Waals surface area contributed by atoms with Crippen LogP contribution in [0.5, 0.6) is 0 Å². The third-order valence-electron chi connectivity index (χ3n) is 2.43. The number of hydrogen-bond acceptors (Lipinski definition) is 4. The molecule has 0 aliphatic heterocycles. The molecule has 1 N–H and O–H groups in total. The molecule has 0 spiro atoms. The van der Waals surface area contributed by atoms with Crippen LogP contribution in [0.15, 0.2) is 28.8 Å². The monoisotopic (exact) mass is 252 g/mol. The molecule has 4 nitrogen and oxygen atoms in total. The van der Waals surface area contributed by atoms with Crippen molar-refractivity contribution in [3.8, 4) is 0 Å².